The van der Waals surface area contributed by atoms with E-state index in [-0.39, 0.29) is 0 Å². The normalized spacial score (nSPS) is 10.3. The SMILES string of the molecule is COCc1cccc(OCCCCCl)c1. The molecular formula is C12H17ClO2. The first-order chi connectivity index (χ1) is 7.36. The molecule has 84 valence electrons. The molecule has 0 aromatic heterocycles. The minimum Gasteiger partial charge on any atom is -0.494 e. The molecule has 0 atom stereocenters. The summed E-state index contributed by atoms with van der Waals surface area (Å²) >= 11 is 5.58. The van der Waals surface area contributed by atoms with Crippen molar-refractivity contribution >= 4 is 11.6 Å². The van der Waals surface area contributed by atoms with E-state index in [1.807, 2.05) is 24.3 Å². The molecule has 0 aliphatic carbocycles. The average molecular weight is 229 g/mol. The lowest BCUT2D eigenvalue weighted by atomic mass is 10.2. The molecule has 0 N–H and O–H groups in total. The standard InChI is InChI=1S/C12H17ClO2/c1-14-10-11-5-4-6-12(9-11)15-8-3-2-7-13/h4-6,9H,2-3,7-8,10H2,1H3. The highest BCUT2D eigenvalue weighted by Crippen LogP contribution is 2.14. The Balaban J connectivity index is 2.36. The maximum atomic E-state index is 5.58. The Kier molecular flexibility index (Phi) is 6.21. The molecule has 0 aliphatic heterocycles. The summed E-state index contributed by atoms with van der Waals surface area (Å²) in [4.78, 5) is 0. The molecule has 15 heavy (non-hydrogen) atoms. The van der Waals surface area contributed by atoms with Crippen LogP contribution in [0.1, 0.15) is 18.4 Å². The van der Waals surface area contributed by atoms with Gasteiger partial charge in [-0.3, -0.25) is 0 Å². The van der Waals surface area contributed by atoms with Crippen LogP contribution >= 0.6 is 11.6 Å². The van der Waals surface area contributed by atoms with Crippen LogP contribution in [0.15, 0.2) is 24.3 Å². The van der Waals surface area contributed by atoms with E-state index in [2.05, 4.69) is 0 Å². The van der Waals surface area contributed by atoms with Crippen molar-refractivity contribution in [3.05, 3.63) is 29.8 Å². The van der Waals surface area contributed by atoms with Crippen LogP contribution < -0.4 is 4.74 Å². The fourth-order valence-electron chi connectivity index (χ4n) is 1.28. The van der Waals surface area contributed by atoms with Gasteiger partial charge in [-0.2, -0.15) is 0 Å². The summed E-state index contributed by atoms with van der Waals surface area (Å²) < 4.78 is 10.6. The Morgan fingerprint density at radius 2 is 2.13 bits per heavy atom. The number of methoxy groups -OCH3 is 1. The number of alkyl halides is 1. The van der Waals surface area contributed by atoms with Gasteiger partial charge in [-0.05, 0) is 30.5 Å². The van der Waals surface area contributed by atoms with Gasteiger partial charge in [-0.15, -0.1) is 11.6 Å². The van der Waals surface area contributed by atoms with E-state index in [0.717, 1.165) is 30.8 Å². The number of ether oxygens (including phenoxy) is 2. The van der Waals surface area contributed by atoms with Crippen LogP contribution in [0.5, 0.6) is 5.75 Å². The Morgan fingerprint density at radius 1 is 1.27 bits per heavy atom. The molecule has 0 amide bonds. The lowest BCUT2D eigenvalue weighted by Crippen LogP contribution is -1.98. The lowest BCUT2D eigenvalue weighted by Gasteiger charge is -2.07. The highest BCUT2D eigenvalue weighted by molar-refractivity contribution is 6.17. The number of unbranched alkanes of at least 4 members (excludes halogenated alkanes) is 1. The van der Waals surface area contributed by atoms with Gasteiger partial charge >= 0.3 is 0 Å². The van der Waals surface area contributed by atoms with E-state index in [1.165, 1.54) is 0 Å². The molecular weight excluding hydrogens is 212 g/mol. The molecule has 0 unspecified atom stereocenters. The molecule has 1 aromatic carbocycles. The first kappa shape index (κ1) is 12.3. The van der Waals surface area contributed by atoms with Crippen molar-refractivity contribution in [3.8, 4) is 5.75 Å². The van der Waals surface area contributed by atoms with Crippen LogP contribution in [0, 0.1) is 0 Å². The van der Waals surface area contributed by atoms with Gasteiger partial charge in [0.15, 0.2) is 0 Å². The number of rotatable bonds is 7. The molecule has 1 rings (SSSR count). The van der Waals surface area contributed by atoms with Gasteiger partial charge in [0.05, 0.1) is 13.2 Å². The van der Waals surface area contributed by atoms with Crippen LogP contribution in [0.3, 0.4) is 0 Å². The second-order valence-electron chi connectivity index (χ2n) is 3.32. The van der Waals surface area contributed by atoms with Gasteiger partial charge in [-0.1, -0.05) is 12.1 Å². The van der Waals surface area contributed by atoms with Crippen LogP contribution in [0.25, 0.3) is 0 Å². The topological polar surface area (TPSA) is 18.5 Å². The quantitative estimate of drug-likeness (QED) is 0.527. The average Bonchev–Trinajstić information content (AvgIpc) is 2.26. The zero-order chi connectivity index (χ0) is 10.9. The first-order valence-electron chi connectivity index (χ1n) is 5.13. The third-order valence-electron chi connectivity index (χ3n) is 2.01. The molecule has 0 aliphatic rings. The van der Waals surface area contributed by atoms with Crippen LogP contribution in [-0.4, -0.2) is 19.6 Å². The zero-order valence-corrected chi connectivity index (χ0v) is 9.80. The second kappa shape index (κ2) is 7.55. The monoisotopic (exact) mass is 228 g/mol. The highest BCUT2D eigenvalue weighted by Gasteiger charge is 1.96. The van der Waals surface area contributed by atoms with Gasteiger partial charge < -0.3 is 9.47 Å². The lowest BCUT2D eigenvalue weighted by molar-refractivity contribution is 0.184. The summed E-state index contributed by atoms with van der Waals surface area (Å²) in [5.74, 6) is 1.60. The zero-order valence-electron chi connectivity index (χ0n) is 9.04. The minimum atomic E-state index is 0.624. The largest absolute Gasteiger partial charge is 0.494 e. The third kappa shape index (κ3) is 5.05. The first-order valence-corrected chi connectivity index (χ1v) is 5.67. The fraction of sp³-hybridized carbons (Fsp3) is 0.500. The van der Waals surface area contributed by atoms with Crippen LogP contribution in [0.4, 0.5) is 0 Å². The van der Waals surface area contributed by atoms with Crippen molar-refractivity contribution < 1.29 is 9.47 Å². The van der Waals surface area contributed by atoms with Crippen molar-refractivity contribution in [1.82, 2.24) is 0 Å². The van der Waals surface area contributed by atoms with Crippen molar-refractivity contribution in [1.29, 1.82) is 0 Å². The summed E-state index contributed by atoms with van der Waals surface area (Å²) in [5.41, 5.74) is 1.13. The van der Waals surface area contributed by atoms with Crippen molar-refractivity contribution in [2.24, 2.45) is 0 Å². The van der Waals surface area contributed by atoms with E-state index >= 15 is 0 Å². The number of halogens is 1. The van der Waals surface area contributed by atoms with Crippen molar-refractivity contribution in [3.63, 3.8) is 0 Å². The number of benzene rings is 1. The van der Waals surface area contributed by atoms with Gasteiger partial charge in [0, 0.05) is 13.0 Å². The van der Waals surface area contributed by atoms with E-state index in [4.69, 9.17) is 21.1 Å². The van der Waals surface area contributed by atoms with Crippen LogP contribution in [0.2, 0.25) is 0 Å². The van der Waals surface area contributed by atoms with E-state index < -0.39 is 0 Å². The summed E-state index contributed by atoms with van der Waals surface area (Å²) in [5, 5.41) is 0. The predicted molar refractivity (Wildman–Crippen MR) is 62.6 cm³/mol. The molecule has 2 nitrogen and oxygen atoms in total. The van der Waals surface area contributed by atoms with Crippen LogP contribution in [-0.2, 0) is 11.3 Å². The van der Waals surface area contributed by atoms with Gasteiger partial charge in [0.1, 0.15) is 5.75 Å². The molecule has 0 saturated heterocycles. The second-order valence-corrected chi connectivity index (χ2v) is 3.70. The summed E-state index contributed by atoms with van der Waals surface area (Å²) in [6.07, 6.45) is 2.00. The van der Waals surface area contributed by atoms with Crippen molar-refractivity contribution in [2.45, 2.75) is 19.4 Å². The van der Waals surface area contributed by atoms with E-state index in [1.54, 1.807) is 7.11 Å². The maximum absolute atomic E-state index is 5.58. The van der Waals surface area contributed by atoms with E-state index in [0.29, 0.717) is 12.5 Å². The van der Waals surface area contributed by atoms with Gasteiger partial charge in [-0.25, -0.2) is 0 Å². The molecule has 0 spiro atoms. The Bertz CT molecular complexity index is 276. The summed E-state index contributed by atoms with van der Waals surface area (Å²) in [6.45, 7) is 1.35. The Morgan fingerprint density at radius 3 is 2.87 bits per heavy atom. The number of hydrogen-bond acceptors (Lipinski definition) is 2. The van der Waals surface area contributed by atoms with E-state index in [9.17, 15) is 0 Å². The summed E-state index contributed by atoms with van der Waals surface area (Å²) in [7, 11) is 1.69. The minimum absolute atomic E-state index is 0.624. The molecule has 0 fully saturated rings. The van der Waals surface area contributed by atoms with Gasteiger partial charge in [0.25, 0.3) is 0 Å². The molecule has 0 heterocycles. The highest BCUT2D eigenvalue weighted by atomic mass is 35.5. The molecule has 0 bridgehead atoms. The maximum Gasteiger partial charge on any atom is 0.119 e. The Labute approximate surface area is 96.2 Å². The van der Waals surface area contributed by atoms with Gasteiger partial charge in [0.2, 0.25) is 0 Å². The third-order valence-corrected chi connectivity index (χ3v) is 2.27. The fourth-order valence-corrected chi connectivity index (χ4v) is 1.47. The number of hydrogen-bond donors (Lipinski definition) is 0. The molecule has 1 aromatic rings. The molecule has 0 radical (unpaired) electrons. The predicted octanol–water partition coefficient (Wildman–Crippen LogP) is 3.23. The molecule has 0 saturated carbocycles. The van der Waals surface area contributed by atoms with Crippen molar-refractivity contribution in [2.75, 3.05) is 19.6 Å². The smallest absolute Gasteiger partial charge is 0.119 e. The summed E-state index contributed by atoms with van der Waals surface area (Å²) in [6, 6.07) is 7.96. The molecule has 3 heteroatoms. The Hall–Kier alpha value is -0.730.